The van der Waals surface area contributed by atoms with Crippen molar-refractivity contribution in [3.05, 3.63) is 64.2 Å². The molecule has 134 valence electrons. The lowest BCUT2D eigenvalue weighted by Gasteiger charge is -2.19. The van der Waals surface area contributed by atoms with Crippen LogP contribution >= 0.6 is 11.6 Å². The van der Waals surface area contributed by atoms with E-state index in [1.54, 1.807) is 12.1 Å². The number of ether oxygens (including phenoxy) is 1. The normalized spacial score (nSPS) is 10.7. The lowest BCUT2D eigenvalue weighted by atomic mass is 9.87. The van der Waals surface area contributed by atoms with Gasteiger partial charge in [-0.1, -0.05) is 44.5 Å². The lowest BCUT2D eigenvalue weighted by Crippen LogP contribution is -2.34. The van der Waals surface area contributed by atoms with E-state index in [0.29, 0.717) is 11.1 Å². The maximum atomic E-state index is 12.1. The Bertz CT molecular complexity index is 862. The first kappa shape index (κ1) is 19.5. The van der Waals surface area contributed by atoms with Crippen molar-refractivity contribution in [1.29, 1.82) is 5.26 Å². The van der Waals surface area contributed by atoms with Crippen LogP contribution in [0.25, 0.3) is 0 Å². The van der Waals surface area contributed by atoms with Crippen LogP contribution < -0.4 is 10.1 Å². The number of carbonyl (C=O) groups is 2. The van der Waals surface area contributed by atoms with Crippen molar-refractivity contribution in [2.24, 2.45) is 0 Å². The van der Waals surface area contributed by atoms with Crippen LogP contribution in [0.4, 0.5) is 0 Å². The second-order valence-electron chi connectivity index (χ2n) is 6.75. The van der Waals surface area contributed by atoms with Crippen LogP contribution in [0.2, 0.25) is 5.02 Å². The Morgan fingerprint density at radius 1 is 1.15 bits per heavy atom. The van der Waals surface area contributed by atoms with Crippen LogP contribution in [0.5, 0.6) is 5.75 Å². The minimum Gasteiger partial charge on any atom is -0.482 e. The number of nitriles is 1. The molecule has 0 radical (unpaired) electrons. The summed E-state index contributed by atoms with van der Waals surface area (Å²) in [4.78, 5) is 24.0. The predicted octanol–water partition coefficient (Wildman–Crippen LogP) is 3.84. The third-order valence-electron chi connectivity index (χ3n) is 3.69. The molecule has 5 nitrogen and oxygen atoms in total. The molecule has 0 saturated heterocycles. The number of rotatable bonds is 4. The Kier molecular flexibility index (Phi) is 6.01. The Hall–Kier alpha value is -2.84. The van der Waals surface area contributed by atoms with Gasteiger partial charge in [-0.05, 0) is 41.3 Å². The summed E-state index contributed by atoms with van der Waals surface area (Å²) < 4.78 is 5.29. The highest BCUT2D eigenvalue weighted by Crippen LogP contribution is 2.25. The first-order valence-electron chi connectivity index (χ1n) is 7.98. The molecule has 0 spiro atoms. The molecule has 0 saturated carbocycles. The van der Waals surface area contributed by atoms with E-state index in [2.05, 4.69) is 26.1 Å². The van der Waals surface area contributed by atoms with Gasteiger partial charge in [0, 0.05) is 5.56 Å². The minimum atomic E-state index is -0.588. The molecule has 0 aromatic heterocycles. The summed E-state index contributed by atoms with van der Waals surface area (Å²) in [5.74, 6) is -0.817. The standard InChI is InChI=1S/C20H19ClN2O3/c1-20(2,3)15-7-5-14(6-8-15)19(25)23-18(24)12-26-17-9-4-13(11-22)10-16(17)21/h4-10H,12H2,1-3H3,(H,23,24,25). The fraction of sp³-hybridized carbons (Fsp3) is 0.250. The number of benzene rings is 2. The zero-order chi connectivity index (χ0) is 19.3. The van der Waals surface area contributed by atoms with E-state index in [4.69, 9.17) is 21.6 Å². The van der Waals surface area contributed by atoms with Gasteiger partial charge in [-0.3, -0.25) is 14.9 Å². The number of hydrogen-bond acceptors (Lipinski definition) is 4. The number of nitrogens with zero attached hydrogens (tertiary/aromatic N) is 1. The smallest absolute Gasteiger partial charge is 0.264 e. The van der Waals surface area contributed by atoms with Crippen LogP contribution in [0.1, 0.15) is 42.3 Å². The maximum absolute atomic E-state index is 12.1. The average molecular weight is 371 g/mol. The highest BCUT2D eigenvalue weighted by molar-refractivity contribution is 6.32. The zero-order valence-corrected chi connectivity index (χ0v) is 15.6. The van der Waals surface area contributed by atoms with Gasteiger partial charge in [0.2, 0.25) is 0 Å². The summed E-state index contributed by atoms with van der Waals surface area (Å²) in [7, 11) is 0. The summed E-state index contributed by atoms with van der Waals surface area (Å²) in [6.07, 6.45) is 0. The van der Waals surface area contributed by atoms with E-state index in [1.165, 1.54) is 18.2 Å². The van der Waals surface area contributed by atoms with Crippen molar-refractivity contribution in [3.8, 4) is 11.8 Å². The number of imide groups is 1. The molecular weight excluding hydrogens is 352 g/mol. The van der Waals surface area contributed by atoms with Gasteiger partial charge < -0.3 is 4.74 Å². The number of halogens is 1. The maximum Gasteiger partial charge on any atom is 0.264 e. The number of nitrogens with one attached hydrogen (secondary N) is 1. The topological polar surface area (TPSA) is 79.2 Å². The number of hydrogen-bond donors (Lipinski definition) is 1. The van der Waals surface area contributed by atoms with E-state index in [9.17, 15) is 9.59 Å². The third-order valence-corrected chi connectivity index (χ3v) is 3.98. The van der Waals surface area contributed by atoms with E-state index in [1.807, 2.05) is 18.2 Å². The Morgan fingerprint density at radius 2 is 1.81 bits per heavy atom. The number of amides is 2. The Balaban J connectivity index is 1.93. The molecule has 1 N–H and O–H groups in total. The molecule has 0 atom stereocenters. The molecule has 0 unspecified atom stereocenters. The van der Waals surface area contributed by atoms with Gasteiger partial charge in [-0.15, -0.1) is 0 Å². The highest BCUT2D eigenvalue weighted by atomic mass is 35.5. The predicted molar refractivity (Wildman–Crippen MR) is 99.3 cm³/mol. The Morgan fingerprint density at radius 3 is 2.35 bits per heavy atom. The summed E-state index contributed by atoms with van der Waals surface area (Å²) in [6, 6.07) is 13.5. The first-order chi connectivity index (χ1) is 12.2. The fourth-order valence-corrected chi connectivity index (χ4v) is 2.42. The number of carbonyl (C=O) groups excluding carboxylic acids is 2. The van der Waals surface area contributed by atoms with Crippen molar-refractivity contribution >= 4 is 23.4 Å². The molecule has 0 heterocycles. The van der Waals surface area contributed by atoms with Crippen LogP contribution in [0, 0.1) is 11.3 Å². The second-order valence-corrected chi connectivity index (χ2v) is 7.16. The van der Waals surface area contributed by atoms with Gasteiger partial charge in [-0.25, -0.2) is 0 Å². The van der Waals surface area contributed by atoms with Gasteiger partial charge in [-0.2, -0.15) is 5.26 Å². The first-order valence-corrected chi connectivity index (χ1v) is 8.35. The fourth-order valence-electron chi connectivity index (χ4n) is 2.19. The largest absolute Gasteiger partial charge is 0.482 e. The van der Waals surface area contributed by atoms with E-state index in [-0.39, 0.29) is 22.8 Å². The van der Waals surface area contributed by atoms with Crippen molar-refractivity contribution < 1.29 is 14.3 Å². The third kappa shape index (κ3) is 5.08. The van der Waals surface area contributed by atoms with E-state index in [0.717, 1.165) is 5.56 Å². The summed E-state index contributed by atoms with van der Waals surface area (Å²) >= 11 is 5.97. The van der Waals surface area contributed by atoms with Crippen LogP contribution in [0.15, 0.2) is 42.5 Å². The second kappa shape index (κ2) is 8.03. The molecule has 6 heteroatoms. The molecule has 2 amide bonds. The van der Waals surface area contributed by atoms with Crippen LogP contribution in [-0.4, -0.2) is 18.4 Å². The average Bonchev–Trinajstić information content (AvgIpc) is 2.59. The molecule has 0 bridgehead atoms. The molecule has 0 aliphatic heterocycles. The van der Waals surface area contributed by atoms with Gasteiger partial charge in [0.1, 0.15) is 5.75 Å². The SMILES string of the molecule is CC(C)(C)c1ccc(C(=O)NC(=O)COc2ccc(C#N)cc2Cl)cc1. The zero-order valence-electron chi connectivity index (χ0n) is 14.8. The van der Waals surface area contributed by atoms with Crippen LogP contribution in [-0.2, 0) is 10.2 Å². The molecule has 2 aromatic rings. The van der Waals surface area contributed by atoms with E-state index < -0.39 is 11.8 Å². The molecule has 2 aromatic carbocycles. The lowest BCUT2D eigenvalue weighted by molar-refractivity contribution is -0.122. The molecule has 0 aliphatic rings. The van der Waals surface area contributed by atoms with Crippen molar-refractivity contribution in [1.82, 2.24) is 5.32 Å². The van der Waals surface area contributed by atoms with Gasteiger partial charge in [0.15, 0.2) is 6.61 Å². The molecular formula is C20H19ClN2O3. The van der Waals surface area contributed by atoms with Gasteiger partial charge in [0.05, 0.1) is 16.7 Å². The van der Waals surface area contributed by atoms with Crippen molar-refractivity contribution in [2.75, 3.05) is 6.61 Å². The van der Waals surface area contributed by atoms with Gasteiger partial charge in [0.25, 0.3) is 11.8 Å². The quantitative estimate of drug-likeness (QED) is 0.886. The van der Waals surface area contributed by atoms with Crippen LogP contribution in [0.3, 0.4) is 0 Å². The monoisotopic (exact) mass is 370 g/mol. The molecule has 0 fully saturated rings. The molecule has 2 rings (SSSR count). The molecule has 0 aliphatic carbocycles. The molecule has 26 heavy (non-hydrogen) atoms. The van der Waals surface area contributed by atoms with E-state index >= 15 is 0 Å². The van der Waals surface area contributed by atoms with Crippen molar-refractivity contribution in [2.45, 2.75) is 26.2 Å². The summed E-state index contributed by atoms with van der Waals surface area (Å²) in [5, 5.41) is 11.3. The van der Waals surface area contributed by atoms with Gasteiger partial charge >= 0.3 is 0 Å². The minimum absolute atomic E-state index is 0.0149. The highest BCUT2D eigenvalue weighted by Gasteiger charge is 2.16. The Labute approximate surface area is 157 Å². The summed E-state index contributed by atoms with van der Waals surface area (Å²) in [6.45, 7) is 5.88. The summed E-state index contributed by atoms with van der Waals surface area (Å²) in [5.41, 5.74) is 1.86. The van der Waals surface area contributed by atoms with Crippen molar-refractivity contribution in [3.63, 3.8) is 0 Å².